The van der Waals surface area contributed by atoms with E-state index in [1.807, 2.05) is 18.2 Å². The number of nitrogens with zero attached hydrogens (tertiary/aromatic N) is 1. The molecule has 2 N–H and O–H groups in total. The molecule has 1 saturated heterocycles. The number of rotatable bonds is 3. The second-order valence-corrected chi connectivity index (χ2v) is 4.16. The monoisotopic (exact) mass is 240 g/mol. The molecule has 0 bridgehead atoms. The van der Waals surface area contributed by atoms with Gasteiger partial charge in [0, 0.05) is 18.1 Å². The van der Waals surface area contributed by atoms with Gasteiger partial charge in [-0.2, -0.15) is 0 Å². The molecule has 1 aromatic rings. The van der Waals surface area contributed by atoms with E-state index in [-0.39, 0.29) is 12.1 Å². The van der Waals surface area contributed by atoms with Gasteiger partial charge >= 0.3 is 6.09 Å². The molecule has 5 heteroatoms. The number of hydrogen-bond donors (Lipinski definition) is 1. The SMILES string of the molecule is NCC1COC(=O)N1Cc1cccc(Cl)c1. The highest BCUT2D eigenvalue weighted by Gasteiger charge is 2.31. The summed E-state index contributed by atoms with van der Waals surface area (Å²) in [4.78, 5) is 13.1. The number of hydrogen-bond acceptors (Lipinski definition) is 3. The van der Waals surface area contributed by atoms with Gasteiger partial charge in [-0.15, -0.1) is 0 Å². The molecule has 1 unspecified atom stereocenters. The minimum atomic E-state index is -0.310. The minimum absolute atomic E-state index is 0.0357. The Hall–Kier alpha value is -1.26. The number of ether oxygens (including phenoxy) is 1. The van der Waals surface area contributed by atoms with Crippen LogP contribution in [0.5, 0.6) is 0 Å². The van der Waals surface area contributed by atoms with Crippen LogP contribution in [0.3, 0.4) is 0 Å². The van der Waals surface area contributed by atoms with E-state index < -0.39 is 0 Å². The zero-order chi connectivity index (χ0) is 11.5. The van der Waals surface area contributed by atoms with E-state index in [2.05, 4.69) is 0 Å². The third-order valence-corrected chi connectivity index (χ3v) is 2.82. The zero-order valence-corrected chi connectivity index (χ0v) is 9.48. The molecule has 1 aliphatic rings. The molecule has 0 aromatic heterocycles. The zero-order valence-electron chi connectivity index (χ0n) is 8.73. The lowest BCUT2D eigenvalue weighted by atomic mass is 10.2. The molecule has 4 nitrogen and oxygen atoms in total. The van der Waals surface area contributed by atoms with Crippen LogP contribution in [-0.4, -0.2) is 30.2 Å². The topological polar surface area (TPSA) is 55.6 Å². The highest BCUT2D eigenvalue weighted by atomic mass is 35.5. The van der Waals surface area contributed by atoms with Crippen LogP contribution in [-0.2, 0) is 11.3 Å². The van der Waals surface area contributed by atoms with Crippen LogP contribution in [0.25, 0.3) is 0 Å². The average Bonchev–Trinajstić information content (AvgIpc) is 2.60. The van der Waals surface area contributed by atoms with Crippen LogP contribution < -0.4 is 5.73 Å². The predicted molar refractivity (Wildman–Crippen MR) is 61.2 cm³/mol. The largest absolute Gasteiger partial charge is 0.447 e. The fraction of sp³-hybridized carbons (Fsp3) is 0.364. The molecule has 16 heavy (non-hydrogen) atoms. The Morgan fingerprint density at radius 2 is 2.38 bits per heavy atom. The molecule has 1 fully saturated rings. The Labute approximate surface area is 98.9 Å². The number of benzene rings is 1. The highest BCUT2D eigenvalue weighted by molar-refractivity contribution is 6.30. The number of nitrogens with two attached hydrogens (primary N) is 1. The second kappa shape index (κ2) is 4.72. The summed E-state index contributed by atoms with van der Waals surface area (Å²) >= 11 is 5.88. The highest BCUT2D eigenvalue weighted by Crippen LogP contribution is 2.18. The molecule has 1 atom stereocenters. The van der Waals surface area contributed by atoms with Crippen LogP contribution in [0, 0.1) is 0 Å². The van der Waals surface area contributed by atoms with Crippen LogP contribution in [0.2, 0.25) is 5.02 Å². The molecule has 2 rings (SSSR count). The van der Waals surface area contributed by atoms with Gasteiger partial charge in [0.15, 0.2) is 0 Å². The minimum Gasteiger partial charge on any atom is -0.447 e. The van der Waals surface area contributed by atoms with Crippen molar-refractivity contribution in [1.82, 2.24) is 4.90 Å². The van der Waals surface area contributed by atoms with E-state index in [9.17, 15) is 4.79 Å². The number of carbonyl (C=O) groups excluding carboxylic acids is 1. The maximum atomic E-state index is 11.4. The molecular formula is C11H13ClN2O2. The van der Waals surface area contributed by atoms with E-state index >= 15 is 0 Å². The number of halogens is 1. The van der Waals surface area contributed by atoms with Gasteiger partial charge in [-0.05, 0) is 17.7 Å². The summed E-state index contributed by atoms with van der Waals surface area (Å²) in [6.45, 7) is 1.27. The lowest BCUT2D eigenvalue weighted by molar-refractivity contribution is 0.156. The third kappa shape index (κ3) is 2.28. The van der Waals surface area contributed by atoms with Crippen LogP contribution in [0.1, 0.15) is 5.56 Å². The summed E-state index contributed by atoms with van der Waals surface area (Å²) < 4.78 is 4.95. The summed E-state index contributed by atoms with van der Waals surface area (Å²) in [6.07, 6.45) is -0.310. The van der Waals surface area contributed by atoms with Gasteiger partial charge in [0.05, 0.1) is 6.04 Å². The Bertz CT molecular complexity index is 397. The predicted octanol–water partition coefficient (Wildman–Crippen LogP) is 1.62. The van der Waals surface area contributed by atoms with Crippen molar-refractivity contribution in [3.05, 3.63) is 34.9 Å². The van der Waals surface area contributed by atoms with Gasteiger partial charge in [0.1, 0.15) is 6.61 Å². The molecule has 1 aliphatic heterocycles. The van der Waals surface area contributed by atoms with Crippen molar-refractivity contribution in [3.8, 4) is 0 Å². The maximum absolute atomic E-state index is 11.4. The average molecular weight is 241 g/mol. The Kier molecular flexibility index (Phi) is 3.31. The summed E-state index contributed by atoms with van der Waals surface area (Å²) in [5.41, 5.74) is 6.55. The van der Waals surface area contributed by atoms with Crippen molar-refractivity contribution < 1.29 is 9.53 Å². The van der Waals surface area contributed by atoms with Crippen LogP contribution >= 0.6 is 11.6 Å². The Morgan fingerprint density at radius 1 is 1.56 bits per heavy atom. The standard InChI is InChI=1S/C11H13ClN2O2/c12-9-3-1-2-8(4-9)6-14-10(5-13)7-16-11(14)15/h1-4,10H,5-7,13H2. The number of carbonyl (C=O) groups is 1. The summed E-state index contributed by atoms with van der Waals surface area (Å²) in [7, 11) is 0. The van der Waals surface area contributed by atoms with E-state index in [1.54, 1.807) is 11.0 Å². The number of amides is 1. The first kappa shape index (κ1) is 11.2. The van der Waals surface area contributed by atoms with Gasteiger partial charge in [-0.1, -0.05) is 23.7 Å². The fourth-order valence-electron chi connectivity index (χ4n) is 1.71. The normalized spacial score (nSPS) is 20.0. The smallest absolute Gasteiger partial charge is 0.410 e. The molecule has 86 valence electrons. The quantitative estimate of drug-likeness (QED) is 0.874. The second-order valence-electron chi connectivity index (χ2n) is 3.72. The molecule has 0 aliphatic carbocycles. The lowest BCUT2D eigenvalue weighted by Gasteiger charge is -2.19. The molecule has 0 radical (unpaired) electrons. The lowest BCUT2D eigenvalue weighted by Crippen LogP contribution is -2.38. The van der Waals surface area contributed by atoms with E-state index in [0.717, 1.165) is 5.56 Å². The van der Waals surface area contributed by atoms with Crippen molar-refractivity contribution in [2.75, 3.05) is 13.2 Å². The van der Waals surface area contributed by atoms with Crippen molar-refractivity contribution in [2.24, 2.45) is 5.73 Å². The Balaban J connectivity index is 2.11. The van der Waals surface area contributed by atoms with Gasteiger partial charge < -0.3 is 10.5 Å². The molecule has 1 heterocycles. The van der Waals surface area contributed by atoms with Gasteiger partial charge in [-0.3, -0.25) is 4.90 Å². The first-order valence-corrected chi connectivity index (χ1v) is 5.46. The molecule has 1 aromatic carbocycles. The van der Waals surface area contributed by atoms with Crippen molar-refractivity contribution in [2.45, 2.75) is 12.6 Å². The van der Waals surface area contributed by atoms with Crippen molar-refractivity contribution in [1.29, 1.82) is 0 Å². The van der Waals surface area contributed by atoms with Gasteiger partial charge in [0.25, 0.3) is 0 Å². The third-order valence-electron chi connectivity index (χ3n) is 2.59. The molecule has 0 saturated carbocycles. The maximum Gasteiger partial charge on any atom is 0.410 e. The fourth-order valence-corrected chi connectivity index (χ4v) is 1.92. The first-order chi connectivity index (χ1) is 7.70. The van der Waals surface area contributed by atoms with Crippen molar-refractivity contribution in [3.63, 3.8) is 0 Å². The molecule has 0 spiro atoms. The Morgan fingerprint density at radius 3 is 3.06 bits per heavy atom. The van der Waals surface area contributed by atoms with Gasteiger partial charge in [0.2, 0.25) is 0 Å². The summed E-state index contributed by atoms with van der Waals surface area (Å²) in [5, 5.41) is 0.661. The van der Waals surface area contributed by atoms with Crippen LogP contribution in [0.4, 0.5) is 4.79 Å². The van der Waals surface area contributed by atoms with Gasteiger partial charge in [-0.25, -0.2) is 4.79 Å². The summed E-state index contributed by atoms with van der Waals surface area (Å²) in [5.74, 6) is 0. The van der Waals surface area contributed by atoms with Crippen LogP contribution in [0.15, 0.2) is 24.3 Å². The van der Waals surface area contributed by atoms with Crippen molar-refractivity contribution >= 4 is 17.7 Å². The summed E-state index contributed by atoms with van der Waals surface area (Å²) in [6, 6.07) is 7.38. The molecular weight excluding hydrogens is 228 g/mol. The van der Waals surface area contributed by atoms with E-state index in [0.29, 0.717) is 24.7 Å². The van der Waals surface area contributed by atoms with E-state index in [1.165, 1.54) is 0 Å². The molecule has 1 amide bonds. The number of cyclic esters (lactones) is 1. The first-order valence-electron chi connectivity index (χ1n) is 5.08. The van der Waals surface area contributed by atoms with E-state index in [4.69, 9.17) is 22.1 Å².